The van der Waals surface area contributed by atoms with Crippen molar-refractivity contribution in [2.75, 3.05) is 18.4 Å². The summed E-state index contributed by atoms with van der Waals surface area (Å²) in [6.07, 6.45) is 4.01. The molecule has 8 nitrogen and oxygen atoms in total. The molecule has 1 spiro atoms. The zero-order chi connectivity index (χ0) is 20.3. The van der Waals surface area contributed by atoms with Gasteiger partial charge in [0.1, 0.15) is 12.1 Å². The molecule has 5 amide bonds. The molecule has 3 N–H and O–H groups in total. The third-order valence-electron chi connectivity index (χ3n) is 5.58. The molecule has 1 aliphatic heterocycles. The van der Waals surface area contributed by atoms with E-state index in [-0.39, 0.29) is 24.9 Å². The lowest BCUT2D eigenvalue weighted by atomic mass is 9.82. The number of nitrogens with one attached hydrogen (secondary N) is 3. The number of aryl methyl sites for hydroxylation is 1. The molecule has 8 heteroatoms. The molecule has 0 aromatic heterocycles. The standard InChI is InChI=1S/C20H26N4O4/c1-13-7-6-8-15(14(13)2)22-16(25)11-21-17(26)12-24-18(27)20(23-19(24)28)9-4-3-5-10-20/h6-8H,3-5,9-12H2,1-2H3,(H,21,26)(H,22,25)(H,23,28). The number of imide groups is 1. The van der Waals surface area contributed by atoms with Crippen LogP contribution in [0.25, 0.3) is 0 Å². The van der Waals surface area contributed by atoms with Gasteiger partial charge in [-0.1, -0.05) is 31.4 Å². The zero-order valence-electron chi connectivity index (χ0n) is 16.3. The van der Waals surface area contributed by atoms with Gasteiger partial charge in [-0.25, -0.2) is 4.79 Å². The molecule has 28 heavy (non-hydrogen) atoms. The first-order valence-corrected chi connectivity index (χ1v) is 9.59. The molecule has 1 aliphatic carbocycles. The minimum atomic E-state index is -0.852. The first kappa shape index (κ1) is 19.9. The number of hydrogen-bond donors (Lipinski definition) is 3. The number of benzene rings is 1. The highest BCUT2D eigenvalue weighted by Crippen LogP contribution is 2.33. The molecule has 3 rings (SSSR count). The average Bonchev–Trinajstić information content (AvgIpc) is 2.88. The molecular formula is C20H26N4O4. The number of urea groups is 1. The number of rotatable bonds is 5. The normalized spacial score (nSPS) is 18.1. The smallest absolute Gasteiger partial charge is 0.325 e. The Labute approximate surface area is 164 Å². The summed E-state index contributed by atoms with van der Waals surface area (Å²) in [5.41, 5.74) is 1.85. The summed E-state index contributed by atoms with van der Waals surface area (Å²) in [6.45, 7) is 3.23. The maximum Gasteiger partial charge on any atom is 0.325 e. The molecule has 2 fully saturated rings. The van der Waals surface area contributed by atoms with Crippen LogP contribution >= 0.6 is 0 Å². The summed E-state index contributed by atoms with van der Waals surface area (Å²) in [6, 6.07) is 5.04. The van der Waals surface area contributed by atoms with E-state index < -0.39 is 17.5 Å². The fourth-order valence-electron chi connectivity index (χ4n) is 3.77. The summed E-state index contributed by atoms with van der Waals surface area (Å²) < 4.78 is 0. The molecule has 0 bridgehead atoms. The van der Waals surface area contributed by atoms with Crippen molar-refractivity contribution in [3.8, 4) is 0 Å². The third-order valence-corrected chi connectivity index (χ3v) is 5.58. The van der Waals surface area contributed by atoms with Crippen molar-refractivity contribution in [1.29, 1.82) is 0 Å². The fourth-order valence-corrected chi connectivity index (χ4v) is 3.77. The number of amides is 5. The predicted octanol–water partition coefficient (Wildman–Crippen LogP) is 1.61. The molecule has 0 unspecified atom stereocenters. The van der Waals surface area contributed by atoms with Gasteiger partial charge in [-0.05, 0) is 43.9 Å². The summed E-state index contributed by atoms with van der Waals surface area (Å²) in [4.78, 5) is 50.1. The maximum absolute atomic E-state index is 12.7. The van der Waals surface area contributed by atoms with E-state index in [1.807, 2.05) is 26.0 Å². The van der Waals surface area contributed by atoms with Crippen molar-refractivity contribution in [2.45, 2.75) is 51.5 Å². The Kier molecular flexibility index (Phi) is 5.67. The molecule has 0 atom stereocenters. The minimum absolute atomic E-state index is 0.235. The van der Waals surface area contributed by atoms with Crippen LogP contribution in [0.15, 0.2) is 18.2 Å². The Morgan fingerprint density at radius 1 is 1.11 bits per heavy atom. The number of nitrogens with zero attached hydrogens (tertiary/aromatic N) is 1. The van der Waals surface area contributed by atoms with E-state index in [0.29, 0.717) is 18.5 Å². The van der Waals surface area contributed by atoms with Gasteiger partial charge in [0, 0.05) is 5.69 Å². The van der Waals surface area contributed by atoms with E-state index in [1.54, 1.807) is 6.07 Å². The fraction of sp³-hybridized carbons (Fsp3) is 0.500. The second-order valence-corrected chi connectivity index (χ2v) is 7.54. The van der Waals surface area contributed by atoms with Crippen molar-refractivity contribution >= 4 is 29.4 Å². The molecule has 1 saturated carbocycles. The van der Waals surface area contributed by atoms with E-state index in [9.17, 15) is 19.2 Å². The Hall–Kier alpha value is -2.90. The second-order valence-electron chi connectivity index (χ2n) is 7.54. The lowest BCUT2D eigenvalue weighted by Gasteiger charge is -2.30. The first-order valence-electron chi connectivity index (χ1n) is 9.59. The van der Waals surface area contributed by atoms with E-state index in [0.717, 1.165) is 35.3 Å². The van der Waals surface area contributed by atoms with E-state index in [1.165, 1.54) is 0 Å². The minimum Gasteiger partial charge on any atom is -0.345 e. The highest BCUT2D eigenvalue weighted by Gasteiger charge is 2.51. The van der Waals surface area contributed by atoms with Gasteiger partial charge in [-0.2, -0.15) is 0 Å². The van der Waals surface area contributed by atoms with E-state index >= 15 is 0 Å². The Morgan fingerprint density at radius 2 is 1.82 bits per heavy atom. The Balaban J connectivity index is 1.51. The van der Waals surface area contributed by atoms with Crippen molar-refractivity contribution in [2.24, 2.45) is 0 Å². The lowest BCUT2D eigenvalue weighted by Crippen LogP contribution is -2.49. The predicted molar refractivity (Wildman–Crippen MR) is 104 cm³/mol. The van der Waals surface area contributed by atoms with Crippen LogP contribution in [0.2, 0.25) is 0 Å². The van der Waals surface area contributed by atoms with Gasteiger partial charge in [0.2, 0.25) is 11.8 Å². The molecule has 1 saturated heterocycles. The van der Waals surface area contributed by atoms with Crippen LogP contribution in [-0.2, 0) is 14.4 Å². The average molecular weight is 386 g/mol. The summed E-state index contributed by atoms with van der Waals surface area (Å²) in [7, 11) is 0. The van der Waals surface area contributed by atoms with Crippen LogP contribution in [0.3, 0.4) is 0 Å². The van der Waals surface area contributed by atoms with E-state index in [4.69, 9.17) is 0 Å². The topological polar surface area (TPSA) is 108 Å². The molecule has 150 valence electrons. The van der Waals surface area contributed by atoms with Gasteiger partial charge >= 0.3 is 6.03 Å². The van der Waals surface area contributed by atoms with Gasteiger partial charge < -0.3 is 16.0 Å². The molecular weight excluding hydrogens is 360 g/mol. The lowest BCUT2D eigenvalue weighted by molar-refractivity contribution is -0.136. The van der Waals surface area contributed by atoms with Crippen LogP contribution < -0.4 is 16.0 Å². The van der Waals surface area contributed by atoms with Crippen molar-refractivity contribution in [1.82, 2.24) is 15.5 Å². The van der Waals surface area contributed by atoms with Crippen molar-refractivity contribution < 1.29 is 19.2 Å². The number of anilines is 1. The van der Waals surface area contributed by atoms with Crippen LogP contribution in [-0.4, -0.2) is 47.3 Å². The molecule has 0 radical (unpaired) electrons. The zero-order valence-corrected chi connectivity index (χ0v) is 16.3. The summed E-state index contributed by atoms with van der Waals surface area (Å²) in [5, 5.41) is 7.98. The number of carbonyl (C=O) groups excluding carboxylic acids is 4. The van der Waals surface area contributed by atoms with Crippen molar-refractivity contribution in [3.63, 3.8) is 0 Å². The summed E-state index contributed by atoms with van der Waals surface area (Å²) in [5.74, 6) is -1.26. The van der Waals surface area contributed by atoms with Gasteiger partial charge in [0.15, 0.2) is 0 Å². The molecule has 1 heterocycles. The van der Waals surface area contributed by atoms with Crippen LogP contribution in [0.4, 0.5) is 10.5 Å². The molecule has 1 aromatic carbocycles. The first-order chi connectivity index (χ1) is 13.3. The van der Waals surface area contributed by atoms with Gasteiger partial charge in [0.25, 0.3) is 5.91 Å². The number of carbonyl (C=O) groups is 4. The largest absolute Gasteiger partial charge is 0.345 e. The highest BCUT2D eigenvalue weighted by atomic mass is 16.2. The van der Waals surface area contributed by atoms with Gasteiger partial charge in [0.05, 0.1) is 6.54 Å². The quantitative estimate of drug-likeness (QED) is 0.668. The SMILES string of the molecule is Cc1cccc(NC(=O)CNC(=O)CN2C(=O)NC3(CCCCC3)C2=O)c1C. The maximum atomic E-state index is 12.7. The number of hydrogen-bond acceptors (Lipinski definition) is 4. The third kappa shape index (κ3) is 4.00. The van der Waals surface area contributed by atoms with E-state index in [2.05, 4.69) is 16.0 Å². The van der Waals surface area contributed by atoms with Crippen molar-refractivity contribution in [3.05, 3.63) is 29.3 Å². The van der Waals surface area contributed by atoms with Crippen LogP contribution in [0.1, 0.15) is 43.2 Å². The van der Waals surface area contributed by atoms with Gasteiger partial charge in [-0.15, -0.1) is 0 Å². The van der Waals surface area contributed by atoms with Crippen LogP contribution in [0, 0.1) is 13.8 Å². The van der Waals surface area contributed by atoms with Crippen LogP contribution in [0.5, 0.6) is 0 Å². The molecule has 1 aromatic rings. The molecule has 2 aliphatic rings. The monoisotopic (exact) mass is 386 g/mol. The highest BCUT2D eigenvalue weighted by molar-refractivity contribution is 6.09. The Morgan fingerprint density at radius 3 is 2.54 bits per heavy atom. The van der Waals surface area contributed by atoms with Gasteiger partial charge in [-0.3, -0.25) is 19.3 Å². The Bertz CT molecular complexity index is 814. The second kappa shape index (κ2) is 8.00. The summed E-state index contributed by atoms with van der Waals surface area (Å²) >= 11 is 0.